The van der Waals surface area contributed by atoms with E-state index in [9.17, 15) is 19.8 Å². The lowest BCUT2D eigenvalue weighted by atomic mass is 10.0. The summed E-state index contributed by atoms with van der Waals surface area (Å²) in [5, 5.41) is 23.2. The minimum absolute atomic E-state index is 0.0272. The molecule has 6 heteroatoms. The van der Waals surface area contributed by atoms with Gasteiger partial charge in [-0.2, -0.15) is 0 Å². The van der Waals surface area contributed by atoms with Crippen LogP contribution in [-0.4, -0.2) is 47.4 Å². The summed E-state index contributed by atoms with van der Waals surface area (Å²) in [4.78, 5) is 24.6. The molecule has 0 heterocycles. The monoisotopic (exact) mass is 1120 g/mol. The van der Waals surface area contributed by atoms with E-state index in [1.807, 2.05) is 0 Å². The molecule has 79 heavy (non-hydrogen) atoms. The number of aliphatic hydroxyl groups is 2. The maximum absolute atomic E-state index is 12.5. The lowest BCUT2D eigenvalue weighted by Gasteiger charge is -2.22. The van der Waals surface area contributed by atoms with Crippen molar-refractivity contribution in [1.82, 2.24) is 5.32 Å². The summed E-state index contributed by atoms with van der Waals surface area (Å²) in [6, 6.07) is -0.535. The van der Waals surface area contributed by atoms with Crippen LogP contribution in [-0.2, 0) is 14.3 Å². The predicted octanol–water partition coefficient (Wildman–Crippen LogP) is 23.8. The molecule has 0 saturated carbocycles. The largest absolute Gasteiger partial charge is 0.466 e. The lowest BCUT2D eigenvalue weighted by Crippen LogP contribution is -2.45. The van der Waals surface area contributed by atoms with Crippen molar-refractivity contribution in [3.05, 3.63) is 0 Å². The van der Waals surface area contributed by atoms with Gasteiger partial charge in [0.1, 0.15) is 0 Å². The molecule has 0 aromatic rings. The highest BCUT2D eigenvalue weighted by molar-refractivity contribution is 5.76. The Morgan fingerprint density at radius 3 is 0.772 bits per heavy atom. The van der Waals surface area contributed by atoms with E-state index in [0.717, 1.165) is 38.5 Å². The van der Waals surface area contributed by atoms with E-state index in [1.54, 1.807) is 0 Å². The van der Waals surface area contributed by atoms with Gasteiger partial charge in [-0.3, -0.25) is 9.59 Å². The van der Waals surface area contributed by atoms with Gasteiger partial charge < -0.3 is 20.3 Å². The summed E-state index contributed by atoms with van der Waals surface area (Å²) in [7, 11) is 0. The Morgan fingerprint density at radius 2 is 0.519 bits per heavy atom. The fourth-order valence-corrected chi connectivity index (χ4v) is 12.1. The summed E-state index contributed by atoms with van der Waals surface area (Å²) >= 11 is 0. The second-order valence-electron chi connectivity index (χ2n) is 25.6. The number of ether oxygens (including phenoxy) is 1. The van der Waals surface area contributed by atoms with Crippen LogP contribution in [0.3, 0.4) is 0 Å². The topological polar surface area (TPSA) is 95.9 Å². The van der Waals surface area contributed by atoms with Crippen LogP contribution in [0.2, 0.25) is 0 Å². The highest BCUT2D eigenvalue weighted by Gasteiger charge is 2.20. The maximum atomic E-state index is 12.5. The van der Waals surface area contributed by atoms with Crippen molar-refractivity contribution < 1.29 is 24.5 Å². The van der Waals surface area contributed by atoms with Gasteiger partial charge in [0.2, 0.25) is 5.91 Å². The molecule has 0 rings (SSSR count). The van der Waals surface area contributed by atoms with Crippen molar-refractivity contribution in [3.63, 3.8) is 0 Å². The zero-order valence-corrected chi connectivity index (χ0v) is 54.2. The third-order valence-electron chi connectivity index (χ3n) is 17.7. The third-order valence-corrected chi connectivity index (χ3v) is 17.7. The molecule has 0 aliphatic carbocycles. The number of carbonyl (C=O) groups is 2. The molecule has 2 atom stereocenters. The minimum Gasteiger partial charge on any atom is -0.466 e. The summed E-state index contributed by atoms with van der Waals surface area (Å²) in [6.45, 7) is 5.00. The number of aliphatic hydroxyl groups excluding tert-OH is 2. The maximum Gasteiger partial charge on any atom is 0.305 e. The van der Waals surface area contributed by atoms with Crippen LogP contribution in [0.5, 0.6) is 0 Å². The normalized spacial score (nSPS) is 12.4. The molecule has 1 amide bonds. The first-order valence-electron chi connectivity index (χ1n) is 36.8. The van der Waals surface area contributed by atoms with Crippen LogP contribution in [0.4, 0.5) is 0 Å². The number of rotatable bonds is 70. The second kappa shape index (κ2) is 69.4. The quantitative estimate of drug-likeness (QED) is 0.0417. The predicted molar refractivity (Wildman–Crippen MR) is 347 cm³/mol. The van der Waals surface area contributed by atoms with Gasteiger partial charge in [0.05, 0.1) is 25.4 Å². The Kier molecular flexibility index (Phi) is 68.4. The van der Waals surface area contributed by atoms with Crippen molar-refractivity contribution in [2.75, 3.05) is 13.2 Å². The lowest BCUT2D eigenvalue weighted by molar-refractivity contribution is -0.143. The molecular weight excluding hydrogens is 971 g/mol. The first-order valence-corrected chi connectivity index (χ1v) is 36.8. The third kappa shape index (κ3) is 65.9. The molecule has 0 fully saturated rings. The number of nitrogens with one attached hydrogen (secondary N) is 1. The molecule has 0 aromatic heterocycles. The number of hydrogen-bond acceptors (Lipinski definition) is 5. The van der Waals surface area contributed by atoms with Crippen molar-refractivity contribution >= 4 is 11.9 Å². The fraction of sp³-hybridized carbons (Fsp3) is 0.973. The van der Waals surface area contributed by atoms with Gasteiger partial charge in [-0.1, -0.05) is 393 Å². The van der Waals surface area contributed by atoms with Gasteiger partial charge in [-0.15, -0.1) is 0 Å². The molecule has 6 nitrogen and oxygen atoms in total. The smallest absolute Gasteiger partial charge is 0.305 e. The minimum atomic E-state index is -0.658. The van der Waals surface area contributed by atoms with Crippen molar-refractivity contribution in [1.29, 1.82) is 0 Å². The van der Waals surface area contributed by atoms with E-state index in [2.05, 4.69) is 19.2 Å². The summed E-state index contributed by atoms with van der Waals surface area (Å²) in [5.41, 5.74) is 0. The number of carbonyl (C=O) groups excluding carboxylic acids is 2. The summed E-state index contributed by atoms with van der Waals surface area (Å²) in [6.07, 6.45) is 84.7. The van der Waals surface area contributed by atoms with Crippen LogP contribution in [0.25, 0.3) is 0 Å². The molecule has 3 N–H and O–H groups in total. The van der Waals surface area contributed by atoms with Gasteiger partial charge in [-0.25, -0.2) is 0 Å². The number of hydrogen-bond donors (Lipinski definition) is 3. The van der Waals surface area contributed by atoms with Crippen molar-refractivity contribution in [3.8, 4) is 0 Å². The first kappa shape index (κ1) is 77.9. The van der Waals surface area contributed by atoms with Crippen molar-refractivity contribution in [2.24, 2.45) is 0 Å². The van der Waals surface area contributed by atoms with E-state index in [0.29, 0.717) is 25.9 Å². The van der Waals surface area contributed by atoms with Gasteiger partial charge in [-0.05, 0) is 25.7 Å². The van der Waals surface area contributed by atoms with Crippen LogP contribution < -0.4 is 5.32 Å². The molecule has 0 radical (unpaired) electrons. The summed E-state index contributed by atoms with van der Waals surface area (Å²) < 4.78 is 5.52. The van der Waals surface area contributed by atoms with E-state index < -0.39 is 12.1 Å². The van der Waals surface area contributed by atoms with Gasteiger partial charge in [0, 0.05) is 12.8 Å². The Hall–Kier alpha value is -1.14. The van der Waals surface area contributed by atoms with Crippen LogP contribution in [0.15, 0.2) is 0 Å². The Bertz CT molecular complexity index is 1150. The van der Waals surface area contributed by atoms with E-state index in [1.165, 1.54) is 360 Å². The molecule has 0 aliphatic heterocycles. The Balaban J connectivity index is 3.27. The standard InChI is InChI=1S/C73H145NO5/c1-3-5-7-9-11-13-15-16-17-18-33-37-40-43-47-51-55-59-63-67-73(78)79-68-64-60-56-52-48-44-41-38-35-32-30-28-26-24-22-20-19-21-23-25-27-29-31-34-36-39-42-46-50-54-58-62-66-72(77)74-70(69-75)71(76)65-61-57-53-49-45-14-12-10-8-6-4-2/h70-71,75-76H,3-69H2,1-2H3,(H,74,77). The highest BCUT2D eigenvalue weighted by atomic mass is 16.5. The second-order valence-corrected chi connectivity index (χ2v) is 25.6. The van der Waals surface area contributed by atoms with E-state index in [-0.39, 0.29) is 18.5 Å². The van der Waals surface area contributed by atoms with Gasteiger partial charge in [0.25, 0.3) is 0 Å². The Labute approximate surface area is 496 Å². The van der Waals surface area contributed by atoms with Crippen LogP contribution >= 0.6 is 0 Å². The molecule has 0 saturated heterocycles. The molecule has 0 aliphatic rings. The SMILES string of the molecule is CCCCCCCCCCCCCCCCCCCCCC(=O)OCCCCCCCCCCCCCCCCCCCCCCCCCCCCCCCCCCC(=O)NC(CO)C(O)CCCCCCCCCCCCC. The number of esters is 1. The summed E-state index contributed by atoms with van der Waals surface area (Å²) in [5.74, 6) is -0.00138. The van der Waals surface area contributed by atoms with Gasteiger partial charge in [0.15, 0.2) is 0 Å². The fourth-order valence-electron chi connectivity index (χ4n) is 12.1. The molecule has 0 aromatic carbocycles. The highest BCUT2D eigenvalue weighted by Crippen LogP contribution is 2.20. The van der Waals surface area contributed by atoms with Crippen LogP contribution in [0, 0.1) is 0 Å². The molecule has 2 unspecified atom stereocenters. The Morgan fingerprint density at radius 1 is 0.304 bits per heavy atom. The molecule has 472 valence electrons. The van der Waals surface area contributed by atoms with Crippen molar-refractivity contribution in [2.45, 2.75) is 443 Å². The molecular formula is C73H145NO5. The van der Waals surface area contributed by atoms with E-state index in [4.69, 9.17) is 4.74 Å². The molecule has 0 spiro atoms. The average Bonchev–Trinajstić information content (AvgIpc) is 3.45. The zero-order chi connectivity index (χ0) is 57.1. The number of unbranched alkanes of at least 4 members (excludes halogenated alkanes) is 59. The van der Waals surface area contributed by atoms with Gasteiger partial charge >= 0.3 is 5.97 Å². The number of amides is 1. The average molecular weight is 1120 g/mol. The first-order chi connectivity index (χ1) is 39.0. The molecule has 0 bridgehead atoms. The van der Waals surface area contributed by atoms with E-state index >= 15 is 0 Å². The zero-order valence-electron chi connectivity index (χ0n) is 54.2. The van der Waals surface area contributed by atoms with Crippen LogP contribution in [0.1, 0.15) is 431 Å².